The highest BCUT2D eigenvalue weighted by Gasteiger charge is 2.26. The number of halogens is 3. The van der Waals surface area contributed by atoms with E-state index < -0.39 is 12.8 Å². The Labute approximate surface area is 88.5 Å². The van der Waals surface area contributed by atoms with E-state index in [2.05, 4.69) is 10.1 Å². The molecule has 0 saturated heterocycles. The molecule has 0 rings (SSSR count). The van der Waals surface area contributed by atoms with Crippen molar-refractivity contribution >= 4 is 0 Å². The van der Waals surface area contributed by atoms with Gasteiger partial charge in [-0.25, -0.2) is 0 Å². The van der Waals surface area contributed by atoms with Crippen LogP contribution in [-0.4, -0.2) is 32.5 Å². The Kier molecular flexibility index (Phi) is 8.41. The van der Waals surface area contributed by atoms with Crippen molar-refractivity contribution in [2.24, 2.45) is 0 Å². The highest BCUT2D eigenvalue weighted by atomic mass is 19.4. The van der Waals surface area contributed by atoms with Gasteiger partial charge in [0.15, 0.2) is 0 Å². The zero-order chi connectivity index (χ0) is 11.6. The molecule has 0 atom stereocenters. The minimum Gasteiger partial charge on any atom is -0.372 e. The summed E-state index contributed by atoms with van der Waals surface area (Å²) < 4.78 is 39.3. The first-order chi connectivity index (χ1) is 7.06. The lowest BCUT2D eigenvalue weighted by Crippen LogP contribution is -2.20. The van der Waals surface area contributed by atoms with E-state index in [1.54, 1.807) is 0 Å². The van der Waals surface area contributed by atoms with Crippen LogP contribution in [0, 0.1) is 0 Å². The summed E-state index contributed by atoms with van der Waals surface area (Å²) >= 11 is 0. The third-order valence-electron chi connectivity index (χ3n) is 1.63. The van der Waals surface area contributed by atoms with Crippen LogP contribution in [0.5, 0.6) is 0 Å². The van der Waals surface area contributed by atoms with Gasteiger partial charge in [-0.1, -0.05) is 12.2 Å². The van der Waals surface area contributed by atoms with Gasteiger partial charge in [0, 0.05) is 6.61 Å². The maximum Gasteiger partial charge on any atom is 0.411 e. The summed E-state index contributed by atoms with van der Waals surface area (Å²) in [4.78, 5) is 0. The van der Waals surface area contributed by atoms with Gasteiger partial charge in [0.1, 0.15) is 6.61 Å². The van der Waals surface area contributed by atoms with Crippen LogP contribution in [0.25, 0.3) is 0 Å². The Hall–Kier alpha value is -0.550. The SMILES string of the molecule is C/C=C/CCNCCCOCC(F)(F)F. The third kappa shape index (κ3) is 13.4. The van der Waals surface area contributed by atoms with Gasteiger partial charge < -0.3 is 10.1 Å². The van der Waals surface area contributed by atoms with Gasteiger partial charge in [-0.15, -0.1) is 0 Å². The molecule has 2 nitrogen and oxygen atoms in total. The van der Waals surface area contributed by atoms with Gasteiger partial charge in [0.05, 0.1) is 0 Å². The standard InChI is InChI=1S/C10H18F3NO/c1-2-3-4-6-14-7-5-8-15-9-10(11,12)13/h2-3,14H,4-9H2,1H3/b3-2+. The van der Waals surface area contributed by atoms with E-state index in [4.69, 9.17) is 0 Å². The number of nitrogens with one attached hydrogen (secondary N) is 1. The average Bonchev–Trinajstić information content (AvgIpc) is 2.14. The van der Waals surface area contributed by atoms with Gasteiger partial charge in [0.2, 0.25) is 0 Å². The molecule has 0 saturated carbocycles. The van der Waals surface area contributed by atoms with Crippen LogP contribution < -0.4 is 5.32 Å². The summed E-state index contributed by atoms with van der Waals surface area (Å²) in [6.45, 7) is 2.49. The van der Waals surface area contributed by atoms with E-state index >= 15 is 0 Å². The molecule has 0 aliphatic heterocycles. The Morgan fingerprint density at radius 1 is 1.27 bits per heavy atom. The summed E-state index contributed by atoms with van der Waals surface area (Å²) in [5.74, 6) is 0. The predicted molar refractivity (Wildman–Crippen MR) is 53.8 cm³/mol. The first-order valence-corrected chi connectivity index (χ1v) is 5.02. The second kappa shape index (κ2) is 8.73. The fourth-order valence-corrected chi connectivity index (χ4v) is 0.964. The van der Waals surface area contributed by atoms with Crippen LogP contribution in [-0.2, 0) is 4.74 Å². The van der Waals surface area contributed by atoms with Crippen LogP contribution in [0.2, 0.25) is 0 Å². The Balaban J connectivity index is 3.05. The van der Waals surface area contributed by atoms with Crippen molar-refractivity contribution in [1.82, 2.24) is 5.32 Å². The van der Waals surface area contributed by atoms with Crippen LogP contribution in [0.15, 0.2) is 12.2 Å². The highest BCUT2D eigenvalue weighted by Crippen LogP contribution is 2.14. The summed E-state index contributed by atoms with van der Waals surface area (Å²) in [7, 11) is 0. The van der Waals surface area contributed by atoms with Crippen molar-refractivity contribution in [2.75, 3.05) is 26.3 Å². The number of hydrogen-bond donors (Lipinski definition) is 1. The molecule has 15 heavy (non-hydrogen) atoms. The van der Waals surface area contributed by atoms with E-state index in [0.29, 0.717) is 13.0 Å². The molecular formula is C10H18F3NO. The van der Waals surface area contributed by atoms with E-state index in [9.17, 15) is 13.2 Å². The predicted octanol–water partition coefficient (Wildman–Crippen LogP) is 2.51. The fourth-order valence-electron chi connectivity index (χ4n) is 0.964. The van der Waals surface area contributed by atoms with Crippen LogP contribution >= 0.6 is 0 Å². The van der Waals surface area contributed by atoms with Crippen molar-refractivity contribution in [2.45, 2.75) is 25.9 Å². The van der Waals surface area contributed by atoms with Gasteiger partial charge in [-0.05, 0) is 32.9 Å². The number of allylic oxidation sites excluding steroid dienone is 1. The second-order valence-electron chi connectivity index (χ2n) is 3.13. The average molecular weight is 225 g/mol. The Morgan fingerprint density at radius 2 is 2.00 bits per heavy atom. The molecule has 0 aliphatic rings. The van der Waals surface area contributed by atoms with Crippen molar-refractivity contribution < 1.29 is 17.9 Å². The van der Waals surface area contributed by atoms with Gasteiger partial charge >= 0.3 is 6.18 Å². The van der Waals surface area contributed by atoms with E-state index in [1.165, 1.54) is 0 Å². The molecule has 0 radical (unpaired) electrons. The summed E-state index contributed by atoms with van der Waals surface area (Å²) in [6, 6.07) is 0. The monoisotopic (exact) mass is 225 g/mol. The maximum atomic E-state index is 11.6. The molecule has 1 N–H and O–H groups in total. The highest BCUT2D eigenvalue weighted by molar-refractivity contribution is 4.77. The molecule has 0 aromatic carbocycles. The first-order valence-electron chi connectivity index (χ1n) is 5.02. The van der Waals surface area contributed by atoms with E-state index in [-0.39, 0.29) is 6.61 Å². The van der Waals surface area contributed by atoms with Crippen LogP contribution in [0.1, 0.15) is 19.8 Å². The summed E-state index contributed by atoms with van der Waals surface area (Å²) in [5.41, 5.74) is 0. The lowest BCUT2D eigenvalue weighted by molar-refractivity contribution is -0.173. The molecule has 0 unspecified atom stereocenters. The van der Waals surface area contributed by atoms with Gasteiger partial charge in [-0.3, -0.25) is 0 Å². The van der Waals surface area contributed by atoms with Crippen LogP contribution in [0.4, 0.5) is 13.2 Å². The molecular weight excluding hydrogens is 207 g/mol. The Bertz CT molecular complexity index is 169. The molecule has 0 aromatic heterocycles. The number of ether oxygens (including phenoxy) is 1. The topological polar surface area (TPSA) is 21.3 Å². The minimum absolute atomic E-state index is 0.149. The van der Waals surface area contributed by atoms with Gasteiger partial charge in [0.25, 0.3) is 0 Å². The normalized spacial score (nSPS) is 12.5. The van der Waals surface area contributed by atoms with E-state index in [0.717, 1.165) is 13.0 Å². The maximum absolute atomic E-state index is 11.6. The molecule has 0 heterocycles. The third-order valence-corrected chi connectivity index (χ3v) is 1.63. The summed E-state index contributed by atoms with van der Waals surface area (Å²) in [6.07, 6.45) is 1.34. The zero-order valence-corrected chi connectivity index (χ0v) is 8.94. The molecule has 0 aliphatic carbocycles. The quantitative estimate of drug-likeness (QED) is 0.506. The zero-order valence-electron chi connectivity index (χ0n) is 8.94. The van der Waals surface area contributed by atoms with Gasteiger partial charge in [-0.2, -0.15) is 13.2 Å². The molecule has 90 valence electrons. The number of alkyl halides is 3. The van der Waals surface area contributed by atoms with Crippen molar-refractivity contribution in [3.05, 3.63) is 12.2 Å². The lowest BCUT2D eigenvalue weighted by Gasteiger charge is -2.07. The molecule has 0 fully saturated rings. The largest absolute Gasteiger partial charge is 0.411 e. The van der Waals surface area contributed by atoms with Crippen molar-refractivity contribution in [3.63, 3.8) is 0 Å². The van der Waals surface area contributed by atoms with E-state index in [1.807, 2.05) is 19.1 Å². The minimum atomic E-state index is -4.21. The fraction of sp³-hybridized carbons (Fsp3) is 0.800. The number of hydrogen-bond acceptors (Lipinski definition) is 2. The van der Waals surface area contributed by atoms with Crippen molar-refractivity contribution in [1.29, 1.82) is 0 Å². The van der Waals surface area contributed by atoms with Crippen LogP contribution in [0.3, 0.4) is 0 Å². The Morgan fingerprint density at radius 3 is 2.60 bits per heavy atom. The van der Waals surface area contributed by atoms with Crippen molar-refractivity contribution in [3.8, 4) is 0 Å². The molecule has 0 spiro atoms. The smallest absolute Gasteiger partial charge is 0.372 e. The molecule has 5 heteroatoms. The first kappa shape index (κ1) is 14.5. The molecule has 0 bridgehead atoms. The molecule has 0 amide bonds. The molecule has 0 aromatic rings. The summed E-state index contributed by atoms with van der Waals surface area (Å²) in [5, 5.41) is 3.11. The second-order valence-corrected chi connectivity index (χ2v) is 3.13. The number of rotatable bonds is 8. The lowest BCUT2D eigenvalue weighted by atomic mass is 10.3.